The van der Waals surface area contributed by atoms with Crippen LogP contribution in [0.4, 0.5) is 13.2 Å². The number of rotatable bonds is 2. The monoisotopic (exact) mass is 272 g/mol. The van der Waals surface area contributed by atoms with Gasteiger partial charge in [-0.2, -0.15) is 13.2 Å². The molecule has 4 heteroatoms. The zero-order valence-electron chi connectivity index (χ0n) is 11.0. The third kappa shape index (κ3) is 3.72. The van der Waals surface area contributed by atoms with Gasteiger partial charge in [0.1, 0.15) is 0 Å². The molecule has 0 radical (unpaired) electrons. The van der Waals surface area contributed by atoms with E-state index in [1.54, 1.807) is 0 Å². The molecule has 106 valence electrons. The summed E-state index contributed by atoms with van der Waals surface area (Å²) in [6, 6.07) is 5.12. The molecule has 1 N–H and O–H groups in total. The lowest BCUT2D eigenvalue weighted by Crippen LogP contribution is -2.35. The summed E-state index contributed by atoms with van der Waals surface area (Å²) in [5.74, 6) is 0.632. The molecule has 0 spiro atoms. The molecule has 1 fully saturated rings. The van der Waals surface area contributed by atoms with Gasteiger partial charge in [0.15, 0.2) is 0 Å². The number of aliphatic hydroxyl groups is 1. The first kappa shape index (κ1) is 14.4. The van der Waals surface area contributed by atoms with Gasteiger partial charge in [-0.3, -0.25) is 0 Å². The van der Waals surface area contributed by atoms with Crippen molar-refractivity contribution in [3.8, 4) is 0 Å². The van der Waals surface area contributed by atoms with Crippen molar-refractivity contribution in [1.82, 2.24) is 0 Å². The maximum atomic E-state index is 12.4. The minimum Gasteiger partial charge on any atom is -0.390 e. The lowest BCUT2D eigenvalue weighted by Gasteiger charge is -2.35. The van der Waals surface area contributed by atoms with Gasteiger partial charge in [-0.25, -0.2) is 0 Å². The Bertz CT molecular complexity index is 414. The van der Waals surface area contributed by atoms with Gasteiger partial charge >= 0.3 is 6.18 Å². The van der Waals surface area contributed by atoms with Crippen LogP contribution in [0.5, 0.6) is 0 Å². The predicted molar refractivity (Wildman–Crippen MR) is 67.7 cm³/mol. The molecule has 0 unspecified atom stereocenters. The minimum absolute atomic E-state index is 0.442. The molecule has 1 aliphatic carbocycles. The van der Waals surface area contributed by atoms with Crippen LogP contribution in [0.2, 0.25) is 0 Å². The highest BCUT2D eigenvalue weighted by Gasteiger charge is 2.33. The Morgan fingerprint density at radius 1 is 1.16 bits per heavy atom. The molecule has 2 rings (SSSR count). The second-order valence-electron chi connectivity index (χ2n) is 5.78. The molecule has 19 heavy (non-hydrogen) atoms. The van der Waals surface area contributed by atoms with Gasteiger partial charge in [0.25, 0.3) is 0 Å². The zero-order chi connectivity index (χ0) is 14.1. The molecule has 0 bridgehead atoms. The maximum Gasteiger partial charge on any atom is 0.416 e. The van der Waals surface area contributed by atoms with Crippen LogP contribution in [-0.2, 0) is 12.6 Å². The average Bonchev–Trinajstić information content (AvgIpc) is 2.33. The van der Waals surface area contributed by atoms with E-state index in [1.165, 1.54) is 12.1 Å². The van der Waals surface area contributed by atoms with Crippen molar-refractivity contribution in [2.75, 3.05) is 0 Å². The second-order valence-corrected chi connectivity index (χ2v) is 5.78. The SMILES string of the molecule is CC1CCC(O)(Cc2ccc(C(F)(F)F)cc2)CC1. The van der Waals surface area contributed by atoms with Gasteiger partial charge in [0.2, 0.25) is 0 Å². The van der Waals surface area contributed by atoms with Crippen molar-refractivity contribution in [3.05, 3.63) is 35.4 Å². The maximum absolute atomic E-state index is 12.4. The highest BCUT2D eigenvalue weighted by molar-refractivity contribution is 5.25. The summed E-state index contributed by atoms with van der Waals surface area (Å²) in [5, 5.41) is 10.4. The quantitative estimate of drug-likeness (QED) is 0.856. The Morgan fingerprint density at radius 3 is 2.16 bits per heavy atom. The molecule has 1 aromatic rings. The highest BCUT2D eigenvalue weighted by atomic mass is 19.4. The van der Waals surface area contributed by atoms with Crippen molar-refractivity contribution in [2.45, 2.75) is 50.8 Å². The van der Waals surface area contributed by atoms with Gasteiger partial charge < -0.3 is 5.11 Å². The lowest BCUT2D eigenvalue weighted by molar-refractivity contribution is -0.137. The summed E-state index contributed by atoms with van der Waals surface area (Å²) >= 11 is 0. The Kier molecular flexibility index (Phi) is 3.90. The van der Waals surface area contributed by atoms with Gasteiger partial charge in [0, 0.05) is 6.42 Å². The van der Waals surface area contributed by atoms with E-state index in [0.717, 1.165) is 43.4 Å². The number of hydrogen-bond acceptors (Lipinski definition) is 1. The van der Waals surface area contributed by atoms with Crippen LogP contribution in [0.3, 0.4) is 0 Å². The molecular formula is C15H19F3O. The minimum atomic E-state index is -4.30. The van der Waals surface area contributed by atoms with E-state index in [9.17, 15) is 18.3 Å². The van der Waals surface area contributed by atoms with Gasteiger partial charge in [-0.15, -0.1) is 0 Å². The van der Waals surface area contributed by atoms with Crippen molar-refractivity contribution in [1.29, 1.82) is 0 Å². The second kappa shape index (κ2) is 5.16. The molecule has 0 amide bonds. The van der Waals surface area contributed by atoms with E-state index in [1.807, 2.05) is 0 Å². The Labute approximate surface area is 111 Å². The van der Waals surface area contributed by atoms with Crippen LogP contribution in [0, 0.1) is 5.92 Å². The third-order valence-corrected chi connectivity index (χ3v) is 4.02. The Morgan fingerprint density at radius 2 is 1.68 bits per heavy atom. The molecule has 1 saturated carbocycles. The van der Waals surface area contributed by atoms with Crippen molar-refractivity contribution >= 4 is 0 Å². The number of halogens is 3. The third-order valence-electron chi connectivity index (χ3n) is 4.02. The van der Waals surface area contributed by atoms with Crippen molar-refractivity contribution < 1.29 is 18.3 Å². The summed E-state index contributed by atoms with van der Waals surface area (Å²) in [5.41, 5.74) is -0.614. The van der Waals surface area contributed by atoms with E-state index in [0.29, 0.717) is 12.3 Å². The fourth-order valence-electron chi connectivity index (χ4n) is 2.67. The molecule has 1 nitrogen and oxygen atoms in total. The van der Waals surface area contributed by atoms with Gasteiger partial charge in [-0.05, 0) is 49.3 Å². The molecule has 1 aliphatic rings. The lowest BCUT2D eigenvalue weighted by atomic mass is 9.76. The molecular weight excluding hydrogens is 253 g/mol. The van der Waals surface area contributed by atoms with Crippen LogP contribution in [0.1, 0.15) is 43.7 Å². The largest absolute Gasteiger partial charge is 0.416 e. The first-order valence-corrected chi connectivity index (χ1v) is 6.67. The first-order valence-electron chi connectivity index (χ1n) is 6.67. The van der Waals surface area contributed by atoms with Gasteiger partial charge in [-0.1, -0.05) is 19.1 Å². The Balaban J connectivity index is 2.03. The Hall–Kier alpha value is -1.03. The van der Waals surface area contributed by atoms with Crippen molar-refractivity contribution in [3.63, 3.8) is 0 Å². The first-order chi connectivity index (χ1) is 8.78. The summed E-state index contributed by atoms with van der Waals surface area (Å²) < 4.78 is 37.3. The van der Waals surface area contributed by atoms with Gasteiger partial charge in [0.05, 0.1) is 11.2 Å². The fourth-order valence-corrected chi connectivity index (χ4v) is 2.67. The molecule has 0 aromatic heterocycles. The van der Waals surface area contributed by atoms with E-state index in [2.05, 4.69) is 6.92 Å². The van der Waals surface area contributed by atoms with Crippen molar-refractivity contribution in [2.24, 2.45) is 5.92 Å². The van der Waals surface area contributed by atoms with E-state index in [4.69, 9.17) is 0 Å². The zero-order valence-corrected chi connectivity index (χ0v) is 11.0. The van der Waals surface area contributed by atoms with Crippen LogP contribution in [0.25, 0.3) is 0 Å². The van der Waals surface area contributed by atoms with E-state index in [-0.39, 0.29) is 0 Å². The summed E-state index contributed by atoms with van der Waals surface area (Å²) in [6.45, 7) is 2.16. The number of benzene rings is 1. The van der Waals surface area contributed by atoms with Crippen LogP contribution in [-0.4, -0.2) is 10.7 Å². The molecule has 1 aromatic carbocycles. The number of hydrogen-bond donors (Lipinski definition) is 1. The van der Waals surface area contributed by atoms with Crippen LogP contribution < -0.4 is 0 Å². The standard InChI is InChI=1S/C15H19F3O/c1-11-6-8-14(19,9-7-11)10-12-2-4-13(5-3-12)15(16,17)18/h2-5,11,19H,6-10H2,1H3. The molecule has 0 saturated heterocycles. The summed E-state index contributed by atoms with van der Waals surface area (Å²) in [7, 11) is 0. The van der Waals surface area contributed by atoms with E-state index >= 15 is 0 Å². The highest BCUT2D eigenvalue weighted by Crippen LogP contribution is 2.35. The smallest absolute Gasteiger partial charge is 0.390 e. The average molecular weight is 272 g/mol. The molecule has 0 heterocycles. The van der Waals surface area contributed by atoms with Crippen LogP contribution >= 0.6 is 0 Å². The fraction of sp³-hybridized carbons (Fsp3) is 0.600. The summed E-state index contributed by atoms with van der Waals surface area (Å²) in [4.78, 5) is 0. The normalized spacial score (nSPS) is 28.4. The number of alkyl halides is 3. The predicted octanol–water partition coefficient (Wildman–Crippen LogP) is 4.19. The van der Waals surface area contributed by atoms with Crippen LogP contribution in [0.15, 0.2) is 24.3 Å². The summed E-state index contributed by atoms with van der Waals surface area (Å²) in [6.07, 6.45) is -0.424. The topological polar surface area (TPSA) is 20.2 Å². The molecule has 0 aliphatic heterocycles. The molecule has 0 atom stereocenters. The van der Waals surface area contributed by atoms with E-state index < -0.39 is 17.3 Å².